The summed E-state index contributed by atoms with van der Waals surface area (Å²) in [5, 5.41) is 20.1. The highest BCUT2D eigenvalue weighted by Gasteiger charge is 2.15. The van der Waals surface area contributed by atoms with Crippen LogP contribution in [0.5, 0.6) is 0 Å². The largest absolute Gasteiger partial charge is 0.477 e. The van der Waals surface area contributed by atoms with Crippen LogP contribution in [0, 0.1) is 6.92 Å². The smallest absolute Gasteiger partial charge is 0.344 e. The van der Waals surface area contributed by atoms with E-state index in [1.165, 1.54) is 12.3 Å². The van der Waals surface area contributed by atoms with Crippen molar-refractivity contribution in [3.8, 4) is 11.4 Å². The lowest BCUT2D eigenvalue weighted by Crippen LogP contribution is -2.13. The number of aliphatic carboxylic acids is 2. The van der Waals surface area contributed by atoms with Crippen LogP contribution in [-0.4, -0.2) is 37.1 Å². The fraction of sp³-hybridized carbons (Fsp3) is 0.0714. The number of rotatable bonds is 5. The SMILES string of the molecule is Cc1cnccc1-c1nccc(NC=C(C(=O)O)C(=O)O)n1. The van der Waals surface area contributed by atoms with E-state index in [0.717, 1.165) is 17.3 Å². The molecule has 8 nitrogen and oxygen atoms in total. The second kappa shape index (κ2) is 6.44. The fourth-order valence-corrected chi connectivity index (χ4v) is 1.65. The van der Waals surface area contributed by atoms with Crippen LogP contribution in [0.2, 0.25) is 0 Å². The van der Waals surface area contributed by atoms with E-state index in [1.807, 2.05) is 6.92 Å². The quantitative estimate of drug-likeness (QED) is 0.429. The minimum absolute atomic E-state index is 0.279. The third-order valence-corrected chi connectivity index (χ3v) is 2.74. The lowest BCUT2D eigenvalue weighted by molar-refractivity contribution is -0.140. The summed E-state index contributed by atoms with van der Waals surface area (Å²) in [6.45, 7) is 1.86. The molecular formula is C14H12N4O4. The summed E-state index contributed by atoms with van der Waals surface area (Å²) in [7, 11) is 0. The first-order valence-corrected chi connectivity index (χ1v) is 6.16. The van der Waals surface area contributed by atoms with Crippen LogP contribution in [0.25, 0.3) is 11.4 Å². The predicted octanol–water partition coefficient (Wildman–Crippen LogP) is 1.31. The van der Waals surface area contributed by atoms with E-state index in [9.17, 15) is 9.59 Å². The maximum Gasteiger partial charge on any atom is 0.344 e. The number of pyridine rings is 1. The molecule has 2 rings (SSSR count). The summed E-state index contributed by atoms with van der Waals surface area (Å²) in [6.07, 6.45) is 5.64. The van der Waals surface area contributed by atoms with Crippen molar-refractivity contribution in [3.05, 3.63) is 48.1 Å². The molecule has 22 heavy (non-hydrogen) atoms. The highest BCUT2D eigenvalue weighted by molar-refractivity contribution is 6.12. The predicted molar refractivity (Wildman–Crippen MR) is 77.0 cm³/mol. The van der Waals surface area contributed by atoms with Gasteiger partial charge < -0.3 is 15.5 Å². The Hall–Kier alpha value is -3.29. The number of aromatic nitrogens is 3. The van der Waals surface area contributed by atoms with Crippen molar-refractivity contribution in [1.29, 1.82) is 0 Å². The molecule has 2 aromatic rings. The second-order valence-corrected chi connectivity index (χ2v) is 4.27. The molecule has 0 fully saturated rings. The number of carboxylic acids is 2. The molecule has 8 heteroatoms. The molecule has 0 aliphatic heterocycles. The normalized spacial score (nSPS) is 9.86. The van der Waals surface area contributed by atoms with Gasteiger partial charge in [-0.15, -0.1) is 0 Å². The van der Waals surface area contributed by atoms with Gasteiger partial charge in [-0.2, -0.15) is 0 Å². The van der Waals surface area contributed by atoms with E-state index < -0.39 is 17.5 Å². The number of nitrogens with one attached hydrogen (secondary N) is 1. The van der Waals surface area contributed by atoms with Gasteiger partial charge in [0.25, 0.3) is 0 Å². The van der Waals surface area contributed by atoms with Crippen molar-refractivity contribution >= 4 is 17.8 Å². The minimum Gasteiger partial charge on any atom is -0.477 e. The molecule has 0 amide bonds. The molecule has 0 aliphatic carbocycles. The van der Waals surface area contributed by atoms with Crippen molar-refractivity contribution < 1.29 is 19.8 Å². The van der Waals surface area contributed by atoms with Crippen LogP contribution in [0.15, 0.2) is 42.5 Å². The molecule has 3 N–H and O–H groups in total. The number of carbonyl (C=O) groups is 2. The van der Waals surface area contributed by atoms with Crippen LogP contribution in [0.4, 0.5) is 5.82 Å². The number of hydrogen-bond donors (Lipinski definition) is 3. The van der Waals surface area contributed by atoms with E-state index in [2.05, 4.69) is 20.3 Å². The summed E-state index contributed by atoms with van der Waals surface area (Å²) in [4.78, 5) is 33.9. The molecule has 0 radical (unpaired) electrons. The molecular weight excluding hydrogens is 288 g/mol. The van der Waals surface area contributed by atoms with Crippen molar-refractivity contribution in [2.45, 2.75) is 6.92 Å². The number of carboxylic acid groups (broad SMARTS) is 2. The second-order valence-electron chi connectivity index (χ2n) is 4.27. The Kier molecular flexibility index (Phi) is 4.42. The molecule has 112 valence electrons. The van der Waals surface area contributed by atoms with Gasteiger partial charge in [0.2, 0.25) is 0 Å². The summed E-state index contributed by atoms with van der Waals surface area (Å²) >= 11 is 0. The van der Waals surface area contributed by atoms with Gasteiger partial charge in [-0.25, -0.2) is 19.6 Å². The Balaban J connectivity index is 2.30. The van der Waals surface area contributed by atoms with E-state index in [0.29, 0.717) is 5.82 Å². The Morgan fingerprint density at radius 3 is 2.55 bits per heavy atom. The first-order chi connectivity index (χ1) is 10.5. The number of anilines is 1. The molecule has 0 aromatic carbocycles. The summed E-state index contributed by atoms with van der Waals surface area (Å²) in [6, 6.07) is 3.25. The minimum atomic E-state index is -1.54. The standard InChI is InChI=1S/C14H12N4O4/c1-8-6-15-4-2-9(8)12-16-5-3-11(18-12)17-7-10(13(19)20)14(21)22/h2-7H,1H3,(H,19,20)(H,21,22)(H,16,17,18). The summed E-state index contributed by atoms with van der Waals surface area (Å²) in [5.41, 5.74) is 0.867. The third-order valence-electron chi connectivity index (χ3n) is 2.74. The van der Waals surface area contributed by atoms with Gasteiger partial charge in [0, 0.05) is 30.4 Å². The molecule has 0 saturated heterocycles. The van der Waals surface area contributed by atoms with Gasteiger partial charge in [0.1, 0.15) is 5.82 Å². The van der Waals surface area contributed by atoms with Gasteiger partial charge in [-0.3, -0.25) is 4.98 Å². The number of aryl methyl sites for hydroxylation is 1. The lowest BCUT2D eigenvalue weighted by atomic mass is 10.1. The maximum atomic E-state index is 10.8. The Labute approximate surface area is 125 Å². The Morgan fingerprint density at radius 1 is 1.18 bits per heavy atom. The average molecular weight is 300 g/mol. The third kappa shape index (κ3) is 3.42. The Bertz CT molecular complexity index is 742. The molecule has 0 spiro atoms. The monoisotopic (exact) mass is 300 g/mol. The zero-order chi connectivity index (χ0) is 16.1. The van der Waals surface area contributed by atoms with Crippen molar-refractivity contribution in [1.82, 2.24) is 15.0 Å². The van der Waals surface area contributed by atoms with Crippen LogP contribution in [0.1, 0.15) is 5.56 Å². The molecule has 2 heterocycles. The molecule has 2 aromatic heterocycles. The summed E-state index contributed by atoms with van der Waals surface area (Å²) in [5.74, 6) is -2.38. The van der Waals surface area contributed by atoms with Crippen molar-refractivity contribution in [3.63, 3.8) is 0 Å². The molecule has 0 saturated carbocycles. The fourth-order valence-electron chi connectivity index (χ4n) is 1.65. The van der Waals surface area contributed by atoms with E-state index in [1.54, 1.807) is 18.5 Å². The first-order valence-electron chi connectivity index (χ1n) is 6.16. The molecule has 0 atom stereocenters. The number of nitrogens with zero attached hydrogens (tertiary/aromatic N) is 3. The topological polar surface area (TPSA) is 125 Å². The lowest BCUT2D eigenvalue weighted by Gasteiger charge is -2.06. The summed E-state index contributed by atoms with van der Waals surface area (Å²) < 4.78 is 0. The zero-order valence-corrected chi connectivity index (χ0v) is 11.5. The highest BCUT2D eigenvalue weighted by atomic mass is 16.4. The zero-order valence-electron chi connectivity index (χ0n) is 11.5. The van der Waals surface area contributed by atoms with Gasteiger partial charge in [0.05, 0.1) is 0 Å². The van der Waals surface area contributed by atoms with Crippen LogP contribution in [0.3, 0.4) is 0 Å². The van der Waals surface area contributed by atoms with Crippen LogP contribution in [-0.2, 0) is 9.59 Å². The van der Waals surface area contributed by atoms with E-state index >= 15 is 0 Å². The highest BCUT2D eigenvalue weighted by Crippen LogP contribution is 2.19. The molecule has 0 unspecified atom stereocenters. The first kappa shape index (κ1) is 15.1. The average Bonchev–Trinajstić information content (AvgIpc) is 2.47. The number of hydrogen-bond acceptors (Lipinski definition) is 6. The van der Waals surface area contributed by atoms with Gasteiger partial charge in [-0.05, 0) is 24.6 Å². The molecule has 0 aliphatic rings. The maximum absolute atomic E-state index is 10.8. The Morgan fingerprint density at radius 2 is 1.91 bits per heavy atom. The van der Waals surface area contributed by atoms with Gasteiger partial charge in [0.15, 0.2) is 11.4 Å². The van der Waals surface area contributed by atoms with Crippen LogP contribution < -0.4 is 5.32 Å². The van der Waals surface area contributed by atoms with Crippen molar-refractivity contribution in [2.75, 3.05) is 5.32 Å². The molecule has 0 bridgehead atoms. The van der Waals surface area contributed by atoms with Gasteiger partial charge >= 0.3 is 11.9 Å². The van der Waals surface area contributed by atoms with Crippen LogP contribution >= 0.6 is 0 Å². The van der Waals surface area contributed by atoms with E-state index in [-0.39, 0.29) is 5.82 Å². The van der Waals surface area contributed by atoms with E-state index in [4.69, 9.17) is 10.2 Å². The van der Waals surface area contributed by atoms with Gasteiger partial charge in [-0.1, -0.05) is 0 Å². The van der Waals surface area contributed by atoms with Crippen molar-refractivity contribution in [2.24, 2.45) is 0 Å².